The van der Waals surface area contributed by atoms with E-state index in [9.17, 15) is 9.90 Å². The molecular formula is C8H14O5. The van der Waals surface area contributed by atoms with Gasteiger partial charge in [0, 0.05) is 13.3 Å². The molecule has 0 saturated carbocycles. The molecule has 1 rings (SSSR count). The Bertz CT molecular complexity index is 193. The minimum absolute atomic E-state index is 0.116. The van der Waals surface area contributed by atoms with Crippen molar-refractivity contribution in [1.29, 1.82) is 0 Å². The molecule has 13 heavy (non-hydrogen) atoms. The summed E-state index contributed by atoms with van der Waals surface area (Å²) in [5.41, 5.74) is 0. The average Bonchev–Trinajstić information content (AvgIpc) is 1.98. The highest BCUT2D eigenvalue weighted by Crippen LogP contribution is 2.21. The summed E-state index contributed by atoms with van der Waals surface area (Å²) in [5, 5.41) is 18.6. The SMILES string of the molecule is CC(=O)OC1CC(O)OC(C)C1O. The molecule has 0 bridgehead atoms. The number of carbonyl (C=O) groups excluding carboxylic acids is 1. The Morgan fingerprint density at radius 3 is 2.69 bits per heavy atom. The molecule has 5 heteroatoms. The summed E-state index contributed by atoms with van der Waals surface area (Å²) in [6.07, 6.45) is -2.91. The van der Waals surface area contributed by atoms with Gasteiger partial charge in [-0.15, -0.1) is 0 Å². The molecule has 1 aliphatic rings. The molecule has 1 aliphatic heterocycles. The van der Waals surface area contributed by atoms with Crippen molar-refractivity contribution in [2.75, 3.05) is 0 Å². The fraction of sp³-hybridized carbons (Fsp3) is 0.875. The van der Waals surface area contributed by atoms with Crippen LogP contribution in [0.5, 0.6) is 0 Å². The molecule has 4 unspecified atom stereocenters. The van der Waals surface area contributed by atoms with Crippen molar-refractivity contribution in [2.45, 2.75) is 44.9 Å². The predicted octanol–water partition coefficient (Wildman–Crippen LogP) is -0.594. The van der Waals surface area contributed by atoms with Crippen LogP contribution in [0.1, 0.15) is 20.3 Å². The molecule has 1 saturated heterocycles. The highest BCUT2D eigenvalue weighted by atomic mass is 16.6. The van der Waals surface area contributed by atoms with Gasteiger partial charge in [0.25, 0.3) is 0 Å². The van der Waals surface area contributed by atoms with E-state index < -0.39 is 30.6 Å². The van der Waals surface area contributed by atoms with Gasteiger partial charge in [-0.05, 0) is 6.92 Å². The van der Waals surface area contributed by atoms with Crippen LogP contribution in [0.2, 0.25) is 0 Å². The number of hydrogen-bond donors (Lipinski definition) is 2. The maximum absolute atomic E-state index is 10.6. The Labute approximate surface area is 76.3 Å². The summed E-state index contributed by atoms with van der Waals surface area (Å²) < 4.78 is 9.74. The second-order valence-corrected chi connectivity index (χ2v) is 3.17. The summed E-state index contributed by atoms with van der Waals surface area (Å²) in [6, 6.07) is 0. The molecule has 1 heterocycles. The Hall–Kier alpha value is -0.650. The maximum atomic E-state index is 10.6. The number of ether oxygens (including phenoxy) is 2. The molecule has 0 aromatic heterocycles. The summed E-state index contributed by atoms with van der Waals surface area (Å²) in [7, 11) is 0. The van der Waals surface area contributed by atoms with Crippen LogP contribution in [0.15, 0.2) is 0 Å². The molecule has 4 atom stereocenters. The van der Waals surface area contributed by atoms with E-state index in [2.05, 4.69) is 0 Å². The van der Waals surface area contributed by atoms with Gasteiger partial charge in [0.15, 0.2) is 6.29 Å². The maximum Gasteiger partial charge on any atom is 0.302 e. The van der Waals surface area contributed by atoms with Gasteiger partial charge in [-0.25, -0.2) is 0 Å². The third kappa shape index (κ3) is 2.65. The summed E-state index contributed by atoms with van der Waals surface area (Å²) in [5.74, 6) is -0.467. The van der Waals surface area contributed by atoms with Crippen molar-refractivity contribution in [2.24, 2.45) is 0 Å². The molecule has 0 spiro atoms. The van der Waals surface area contributed by atoms with Crippen LogP contribution in [0.25, 0.3) is 0 Å². The second-order valence-electron chi connectivity index (χ2n) is 3.17. The van der Waals surface area contributed by atoms with E-state index in [-0.39, 0.29) is 6.42 Å². The molecule has 76 valence electrons. The van der Waals surface area contributed by atoms with Crippen molar-refractivity contribution in [3.8, 4) is 0 Å². The number of esters is 1. The Kier molecular flexibility index (Phi) is 3.24. The third-order valence-corrected chi connectivity index (χ3v) is 1.98. The number of rotatable bonds is 1. The smallest absolute Gasteiger partial charge is 0.302 e. The van der Waals surface area contributed by atoms with E-state index >= 15 is 0 Å². The molecule has 0 radical (unpaired) electrons. The molecule has 1 fully saturated rings. The molecule has 0 amide bonds. The fourth-order valence-corrected chi connectivity index (χ4v) is 1.36. The lowest BCUT2D eigenvalue weighted by molar-refractivity contribution is -0.233. The third-order valence-electron chi connectivity index (χ3n) is 1.98. The molecule has 5 nitrogen and oxygen atoms in total. The van der Waals surface area contributed by atoms with Gasteiger partial charge in [0.2, 0.25) is 0 Å². The Morgan fingerprint density at radius 2 is 2.15 bits per heavy atom. The number of aliphatic hydroxyl groups excluding tert-OH is 2. The topological polar surface area (TPSA) is 76.0 Å². The van der Waals surface area contributed by atoms with Crippen LogP contribution in [-0.4, -0.2) is 40.8 Å². The molecule has 0 aromatic carbocycles. The van der Waals surface area contributed by atoms with Gasteiger partial charge in [-0.2, -0.15) is 0 Å². The monoisotopic (exact) mass is 190 g/mol. The zero-order chi connectivity index (χ0) is 10.0. The first-order valence-electron chi connectivity index (χ1n) is 4.19. The van der Waals surface area contributed by atoms with Gasteiger partial charge in [0.05, 0.1) is 6.10 Å². The molecular weight excluding hydrogens is 176 g/mol. The van der Waals surface area contributed by atoms with E-state index in [4.69, 9.17) is 14.6 Å². The second kappa shape index (κ2) is 4.04. The summed E-state index contributed by atoms with van der Waals surface area (Å²) in [6.45, 7) is 2.88. The fourth-order valence-electron chi connectivity index (χ4n) is 1.36. The van der Waals surface area contributed by atoms with Crippen LogP contribution in [0, 0.1) is 0 Å². The van der Waals surface area contributed by atoms with E-state index in [1.54, 1.807) is 6.92 Å². The Morgan fingerprint density at radius 1 is 1.54 bits per heavy atom. The highest BCUT2D eigenvalue weighted by Gasteiger charge is 2.36. The Balaban J connectivity index is 2.55. The predicted molar refractivity (Wildman–Crippen MR) is 42.7 cm³/mol. The van der Waals surface area contributed by atoms with E-state index in [0.29, 0.717) is 0 Å². The first-order valence-corrected chi connectivity index (χ1v) is 4.19. The van der Waals surface area contributed by atoms with Crippen LogP contribution in [0.4, 0.5) is 0 Å². The van der Waals surface area contributed by atoms with Gasteiger partial charge in [-0.1, -0.05) is 0 Å². The zero-order valence-corrected chi connectivity index (χ0v) is 7.64. The van der Waals surface area contributed by atoms with Crippen LogP contribution in [0.3, 0.4) is 0 Å². The van der Waals surface area contributed by atoms with Crippen molar-refractivity contribution in [3.63, 3.8) is 0 Å². The van der Waals surface area contributed by atoms with E-state index in [1.165, 1.54) is 6.92 Å². The lowest BCUT2D eigenvalue weighted by Gasteiger charge is -2.34. The van der Waals surface area contributed by atoms with Crippen LogP contribution >= 0.6 is 0 Å². The first-order chi connectivity index (χ1) is 6.00. The van der Waals surface area contributed by atoms with Crippen molar-refractivity contribution in [1.82, 2.24) is 0 Å². The number of carbonyl (C=O) groups is 1. The van der Waals surface area contributed by atoms with Gasteiger partial charge < -0.3 is 19.7 Å². The first kappa shape index (κ1) is 10.4. The summed E-state index contributed by atoms with van der Waals surface area (Å²) in [4.78, 5) is 10.6. The van der Waals surface area contributed by atoms with Crippen molar-refractivity contribution in [3.05, 3.63) is 0 Å². The molecule has 2 N–H and O–H groups in total. The lowest BCUT2D eigenvalue weighted by Crippen LogP contribution is -2.48. The molecule has 0 aliphatic carbocycles. The van der Waals surface area contributed by atoms with E-state index in [1.807, 2.05) is 0 Å². The highest BCUT2D eigenvalue weighted by molar-refractivity contribution is 5.66. The summed E-state index contributed by atoms with van der Waals surface area (Å²) >= 11 is 0. The average molecular weight is 190 g/mol. The quantitative estimate of drug-likeness (QED) is 0.540. The standard InChI is InChI=1S/C8H14O5/c1-4-8(11)6(13-5(2)9)3-7(10)12-4/h4,6-8,10-11H,3H2,1-2H3. The number of aliphatic hydroxyl groups is 2. The normalized spacial score (nSPS) is 40.0. The van der Waals surface area contributed by atoms with Crippen LogP contribution in [-0.2, 0) is 14.3 Å². The van der Waals surface area contributed by atoms with Gasteiger partial charge in [0.1, 0.15) is 12.2 Å². The molecule has 0 aromatic rings. The van der Waals surface area contributed by atoms with Gasteiger partial charge in [-0.3, -0.25) is 4.79 Å². The number of hydrogen-bond acceptors (Lipinski definition) is 5. The zero-order valence-electron chi connectivity index (χ0n) is 7.64. The van der Waals surface area contributed by atoms with E-state index in [0.717, 1.165) is 0 Å². The largest absolute Gasteiger partial charge is 0.459 e. The lowest BCUT2D eigenvalue weighted by atomic mass is 10.0. The van der Waals surface area contributed by atoms with Crippen molar-refractivity contribution >= 4 is 5.97 Å². The van der Waals surface area contributed by atoms with Crippen molar-refractivity contribution < 1.29 is 24.5 Å². The minimum atomic E-state index is -0.970. The van der Waals surface area contributed by atoms with Crippen LogP contribution < -0.4 is 0 Å². The minimum Gasteiger partial charge on any atom is -0.459 e. The van der Waals surface area contributed by atoms with Gasteiger partial charge >= 0.3 is 5.97 Å².